The topological polar surface area (TPSA) is 191 Å². The molecule has 0 aromatic heterocycles. The van der Waals surface area contributed by atoms with Crippen molar-refractivity contribution in [3.8, 4) is 0 Å². The van der Waals surface area contributed by atoms with Crippen molar-refractivity contribution in [3.63, 3.8) is 0 Å². The molecule has 0 aromatic carbocycles. The second-order valence-electron chi connectivity index (χ2n) is 5.54. The third-order valence-corrected chi connectivity index (χ3v) is 3.53. The first kappa shape index (κ1) is 25.1. The fourth-order valence-corrected chi connectivity index (χ4v) is 1.81. The first-order valence-corrected chi connectivity index (χ1v) is 8.21. The van der Waals surface area contributed by atoms with Gasteiger partial charge in [0.1, 0.15) is 0 Å². The molecule has 0 aromatic rings. The summed E-state index contributed by atoms with van der Waals surface area (Å²) >= 11 is 0. The zero-order chi connectivity index (χ0) is 22.1. The van der Waals surface area contributed by atoms with E-state index in [1.165, 1.54) is 13.8 Å². The molecule has 0 heterocycles. The molecule has 0 bridgehead atoms. The summed E-state index contributed by atoms with van der Waals surface area (Å²) < 4.78 is 18.6. The lowest BCUT2D eigenvalue weighted by molar-refractivity contribution is -0.197. The highest BCUT2D eigenvalue weighted by Gasteiger charge is 2.50. The number of carbonyl (C=O) groups is 6. The highest BCUT2D eigenvalue weighted by Crippen LogP contribution is 2.19. The van der Waals surface area contributed by atoms with E-state index in [2.05, 4.69) is 18.9 Å². The maximum absolute atomic E-state index is 12.1. The average molecular weight is 404 g/mol. The van der Waals surface area contributed by atoms with Gasteiger partial charge in [-0.1, -0.05) is 0 Å². The number of nitrogens with two attached hydrogens (primary N) is 2. The molecule has 2 atom stereocenters. The van der Waals surface area contributed by atoms with Gasteiger partial charge in [0, 0.05) is 0 Å². The zero-order valence-corrected chi connectivity index (χ0v) is 16.1. The lowest BCUT2D eigenvalue weighted by Gasteiger charge is -2.27. The third kappa shape index (κ3) is 5.57. The number of rotatable bonds is 10. The molecule has 12 nitrogen and oxygen atoms in total. The van der Waals surface area contributed by atoms with Crippen LogP contribution >= 0.6 is 0 Å². The lowest BCUT2D eigenvalue weighted by atomic mass is 10.0. The van der Waals surface area contributed by atoms with Crippen LogP contribution in [0, 0.1) is 0 Å². The molecule has 12 heteroatoms. The maximum Gasteiger partial charge on any atom is 0.419 e. The summed E-state index contributed by atoms with van der Waals surface area (Å²) in [5, 5.41) is 0. The van der Waals surface area contributed by atoms with Crippen LogP contribution in [0.25, 0.3) is 0 Å². The standard InChI is InChI=1S/C16H24N2O10/c1-5-25-13(23)15(3,9(19)7-17)27-11(21)12(22)28-16(4,10(20)8-18)14(24)26-6-2/h5-8,17-18H2,1-4H3. The second-order valence-corrected chi connectivity index (χ2v) is 5.54. The summed E-state index contributed by atoms with van der Waals surface area (Å²) in [4.78, 5) is 72.0. The van der Waals surface area contributed by atoms with Crippen LogP contribution in [0.1, 0.15) is 27.7 Å². The maximum atomic E-state index is 12.1. The molecule has 28 heavy (non-hydrogen) atoms. The number of ketones is 2. The number of hydrogen-bond acceptors (Lipinski definition) is 12. The average Bonchev–Trinajstić information content (AvgIpc) is 2.66. The molecule has 0 saturated heterocycles. The minimum atomic E-state index is -2.53. The molecular weight excluding hydrogens is 380 g/mol. The Morgan fingerprint density at radius 1 is 0.679 bits per heavy atom. The molecule has 0 fully saturated rings. The van der Waals surface area contributed by atoms with Crippen molar-refractivity contribution in [3.05, 3.63) is 0 Å². The van der Waals surface area contributed by atoms with Crippen LogP contribution in [0.2, 0.25) is 0 Å². The summed E-state index contributed by atoms with van der Waals surface area (Å²) in [5.41, 5.74) is 5.33. The van der Waals surface area contributed by atoms with Gasteiger partial charge < -0.3 is 30.4 Å². The second kappa shape index (κ2) is 10.5. The first-order valence-electron chi connectivity index (χ1n) is 8.21. The van der Waals surface area contributed by atoms with Crippen LogP contribution in [0.3, 0.4) is 0 Å². The van der Waals surface area contributed by atoms with Gasteiger partial charge in [-0.05, 0) is 27.7 Å². The summed E-state index contributed by atoms with van der Waals surface area (Å²) in [6.45, 7) is 2.91. The summed E-state index contributed by atoms with van der Waals surface area (Å²) in [7, 11) is 0. The van der Waals surface area contributed by atoms with Crippen molar-refractivity contribution in [2.45, 2.75) is 38.9 Å². The number of hydrogen-bond donors (Lipinski definition) is 2. The predicted molar refractivity (Wildman–Crippen MR) is 90.4 cm³/mol. The molecule has 0 spiro atoms. The summed E-state index contributed by atoms with van der Waals surface area (Å²) in [6, 6.07) is 0. The van der Waals surface area contributed by atoms with Crippen LogP contribution in [-0.4, -0.2) is 72.9 Å². The van der Waals surface area contributed by atoms with Crippen LogP contribution < -0.4 is 11.5 Å². The molecule has 0 aliphatic carbocycles. The van der Waals surface area contributed by atoms with Gasteiger partial charge in [0.15, 0.2) is 0 Å². The summed E-state index contributed by atoms with van der Waals surface area (Å²) in [5.74, 6) is -8.32. The Kier molecular flexibility index (Phi) is 9.40. The molecule has 0 radical (unpaired) electrons. The van der Waals surface area contributed by atoms with Gasteiger partial charge in [-0.25, -0.2) is 19.2 Å². The SMILES string of the molecule is CCOC(=O)C(C)(OC(=O)C(=O)OC(C)(C(=O)CN)C(=O)OCC)C(=O)CN. The smallest absolute Gasteiger partial charge is 0.419 e. The zero-order valence-electron chi connectivity index (χ0n) is 16.1. The van der Waals surface area contributed by atoms with E-state index in [1.54, 1.807) is 0 Å². The van der Waals surface area contributed by atoms with Gasteiger partial charge in [0.05, 0.1) is 26.3 Å². The fraction of sp³-hybridized carbons (Fsp3) is 0.625. The van der Waals surface area contributed by atoms with Gasteiger partial charge in [-0.3, -0.25) is 9.59 Å². The van der Waals surface area contributed by atoms with Crippen molar-refractivity contribution in [1.29, 1.82) is 0 Å². The van der Waals surface area contributed by atoms with E-state index in [0.717, 1.165) is 13.8 Å². The molecular formula is C16H24N2O10. The normalized spacial score (nSPS) is 14.6. The van der Waals surface area contributed by atoms with Crippen molar-refractivity contribution < 1.29 is 47.7 Å². The van der Waals surface area contributed by atoms with Gasteiger partial charge in [-0.15, -0.1) is 0 Å². The van der Waals surface area contributed by atoms with E-state index in [9.17, 15) is 28.8 Å². The van der Waals surface area contributed by atoms with Gasteiger partial charge in [0.2, 0.25) is 11.6 Å². The van der Waals surface area contributed by atoms with Gasteiger partial charge in [-0.2, -0.15) is 0 Å². The van der Waals surface area contributed by atoms with E-state index in [4.69, 9.17) is 11.5 Å². The molecule has 0 aliphatic heterocycles. The van der Waals surface area contributed by atoms with E-state index >= 15 is 0 Å². The number of esters is 4. The molecule has 0 aliphatic rings. The van der Waals surface area contributed by atoms with E-state index in [-0.39, 0.29) is 13.2 Å². The Hall–Kier alpha value is -2.86. The van der Waals surface area contributed by atoms with Crippen molar-refractivity contribution >= 4 is 35.4 Å². The van der Waals surface area contributed by atoms with Crippen LogP contribution in [0.15, 0.2) is 0 Å². The molecule has 2 unspecified atom stereocenters. The third-order valence-electron chi connectivity index (χ3n) is 3.53. The first-order chi connectivity index (χ1) is 12.9. The van der Waals surface area contributed by atoms with E-state index in [1.807, 2.05) is 0 Å². The van der Waals surface area contributed by atoms with Crippen LogP contribution in [0.4, 0.5) is 0 Å². The van der Waals surface area contributed by atoms with E-state index in [0.29, 0.717) is 0 Å². The van der Waals surface area contributed by atoms with Crippen LogP contribution in [0.5, 0.6) is 0 Å². The molecule has 0 rings (SSSR count). The van der Waals surface area contributed by atoms with Crippen molar-refractivity contribution in [1.82, 2.24) is 0 Å². The Labute approximate surface area is 160 Å². The lowest BCUT2D eigenvalue weighted by Crippen LogP contribution is -2.55. The number of Topliss-reactive ketones (excluding diaryl/α,β-unsaturated/α-hetero) is 2. The van der Waals surface area contributed by atoms with E-state index < -0.39 is 59.7 Å². The fourth-order valence-electron chi connectivity index (χ4n) is 1.81. The molecule has 0 saturated carbocycles. The van der Waals surface area contributed by atoms with Gasteiger partial charge >= 0.3 is 23.9 Å². The molecule has 4 N–H and O–H groups in total. The van der Waals surface area contributed by atoms with Gasteiger partial charge in [0.25, 0.3) is 11.2 Å². The number of ether oxygens (including phenoxy) is 4. The largest absolute Gasteiger partial charge is 0.463 e. The Morgan fingerprint density at radius 3 is 1.18 bits per heavy atom. The molecule has 0 amide bonds. The van der Waals surface area contributed by atoms with Crippen molar-refractivity contribution in [2.24, 2.45) is 11.5 Å². The monoisotopic (exact) mass is 404 g/mol. The highest BCUT2D eigenvalue weighted by molar-refractivity contribution is 6.32. The number of carbonyl (C=O) groups excluding carboxylic acids is 6. The minimum absolute atomic E-state index is 0.153. The predicted octanol–water partition coefficient (Wildman–Crippen LogP) is -2.23. The summed E-state index contributed by atoms with van der Waals surface area (Å²) in [6.07, 6.45) is 0. The highest BCUT2D eigenvalue weighted by atomic mass is 16.7. The van der Waals surface area contributed by atoms with Crippen LogP contribution in [-0.2, 0) is 47.7 Å². The quantitative estimate of drug-likeness (QED) is 0.173. The minimum Gasteiger partial charge on any atom is -0.463 e. The molecule has 158 valence electrons. The Bertz CT molecular complexity index is 606. The van der Waals surface area contributed by atoms with Crippen molar-refractivity contribution in [2.75, 3.05) is 26.3 Å². The Balaban J connectivity index is 5.63. The Morgan fingerprint density at radius 2 is 0.964 bits per heavy atom.